The van der Waals surface area contributed by atoms with Gasteiger partial charge in [-0.15, -0.1) is 0 Å². The molecule has 0 bridgehead atoms. The Morgan fingerprint density at radius 2 is 1.95 bits per heavy atom. The average molecular weight is 303 g/mol. The van der Waals surface area contributed by atoms with E-state index in [1.807, 2.05) is 12.1 Å². The molecular weight excluding hydrogens is 286 g/mol. The van der Waals surface area contributed by atoms with Crippen LogP contribution in [0.15, 0.2) is 23.1 Å². The molecule has 2 rings (SSSR count). The summed E-state index contributed by atoms with van der Waals surface area (Å²) in [5.74, 6) is 0. The van der Waals surface area contributed by atoms with Crippen LogP contribution >= 0.6 is 0 Å². The topological polar surface area (TPSA) is 85.0 Å². The van der Waals surface area contributed by atoms with Gasteiger partial charge < -0.3 is 0 Å². The Morgan fingerprint density at radius 1 is 1.29 bits per heavy atom. The fourth-order valence-corrected chi connectivity index (χ4v) is 4.40. The van der Waals surface area contributed by atoms with Gasteiger partial charge in [0, 0.05) is 6.04 Å². The molecule has 1 fully saturated rings. The number of aryl methyl sites for hydroxylation is 1. The number of nitriles is 2. The smallest absolute Gasteiger partial charge is 0.207 e. The summed E-state index contributed by atoms with van der Waals surface area (Å²) < 4.78 is 26.8. The molecule has 1 aromatic carbocycles. The molecule has 6 heteroatoms. The maximum Gasteiger partial charge on any atom is 0.244 e. The minimum Gasteiger partial charge on any atom is -0.207 e. The summed E-state index contributed by atoms with van der Waals surface area (Å²) in [5.41, 5.74) is 1.09. The number of sulfonamides is 1. The quantitative estimate of drug-likeness (QED) is 0.799. The lowest BCUT2D eigenvalue weighted by Crippen LogP contribution is -2.39. The van der Waals surface area contributed by atoms with Gasteiger partial charge >= 0.3 is 0 Å². The highest BCUT2D eigenvalue weighted by Crippen LogP contribution is 2.29. The third-order valence-corrected chi connectivity index (χ3v) is 5.78. The summed E-state index contributed by atoms with van der Waals surface area (Å²) >= 11 is 0. The van der Waals surface area contributed by atoms with E-state index in [1.54, 1.807) is 6.92 Å². The second-order valence-corrected chi connectivity index (χ2v) is 7.13. The van der Waals surface area contributed by atoms with Crippen molar-refractivity contribution in [2.24, 2.45) is 0 Å². The SMILES string of the molecule is Cc1cc(S(=O)(=O)N(CC#N)C2CCCC2)ccc1C#N. The first-order chi connectivity index (χ1) is 10.0. The molecule has 1 aliphatic carbocycles. The van der Waals surface area contributed by atoms with E-state index in [-0.39, 0.29) is 17.5 Å². The molecule has 0 heterocycles. The van der Waals surface area contributed by atoms with Crippen molar-refractivity contribution in [3.63, 3.8) is 0 Å². The molecule has 5 nitrogen and oxygen atoms in total. The molecule has 21 heavy (non-hydrogen) atoms. The zero-order valence-corrected chi connectivity index (χ0v) is 12.7. The van der Waals surface area contributed by atoms with Gasteiger partial charge in [0.05, 0.1) is 22.6 Å². The fourth-order valence-electron chi connectivity index (χ4n) is 2.73. The molecule has 0 aromatic heterocycles. The second-order valence-electron chi connectivity index (χ2n) is 5.24. The van der Waals surface area contributed by atoms with Crippen molar-refractivity contribution >= 4 is 10.0 Å². The zero-order valence-electron chi connectivity index (χ0n) is 11.9. The summed E-state index contributed by atoms with van der Waals surface area (Å²) in [7, 11) is -3.69. The third-order valence-electron chi connectivity index (χ3n) is 3.88. The van der Waals surface area contributed by atoms with Crippen LogP contribution in [0.1, 0.15) is 36.8 Å². The van der Waals surface area contributed by atoms with E-state index < -0.39 is 10.0 Å². The van der Waals surface area contributed by atoms with Gasteiger partial charge in [-0.3, -0.25) is 0 Å². The summed E-state index contributed by atoms with van der Waals surface area (Å²) in [6.45, 7) is 1.58. The number of nitrogens with zero attached hydrogens (tertiary/aromatic N) is 3. The van der Waals surface area contributed by atoms with E-state index in [4.69, 9.17) is 10.5 Å². The Kier molecular flexibility index (Phi) is 4.62. The van der Waals surface area contributed by atoms with Crippen molar-refractivity contribution in [1.29, 1.82) is 10.5 Å². The van der Waals surface area contributed by atoms with E-state index in [0.717, 1.165) is 25.7 Å². The van der Waals surface area contributed by atoms with Gasteiger partial charge in [0.2, 0.25) is 10.0 Å². The van der Waals surface area contributed by atoms with E-state index in [9.17, 15) is 8.42 Å². The molecule has 1 aliphatic rings. The van der Waals surface area contributed by atoms with Gasteiger partial charge in [0.15, 0.2) is 0 Å². The minimum absolute atomic E-state index is 0.0920. The van der Waals surface area contributed by atoms with Crippen molar-refractivity contribution in [1.82, 2.24) is 4.31 Å². The summed E-state index contributed by atoms with van der Waals surface area (Å²) in [5, 5.41) is 17.9. The molecule has 0 atom stereocenters. The molecule has 0 aliphatic heterocycles. The number of benzene rings is 1. The molecule has 0 radical (unpaired) electrons. The molecule has 1 saturated carbocycles. The monoisotopic (exact) mass is 303 g/mol. The zero-order chi connectivity index (χ0) is 15.5. The van der Waals surface area contributed by atoms with Gasteiger partial charge in [-0.2, -0.15) is 14.8 Å². The van der Waals surface area contributed by atoms with Gasteiger partial charge in [-0.25, -0.2) is 8.42 Å². The van der Waals surface area contributed by atoms with Crippen LogP contribution in [0, 0.1) is 29.6 Å². The highest BCUT2D eigenvalue weighted by Gasteiger charge is 2.33. The highest BCUT2D eigenvalue weighted by atomic mass is 32.2. The van der Waals surface area contributed by atoms with Crippen molar-refractivity contribution in [3.05, 3.63) is 29.3 Å². The third kappa shape index (κ3) is 3.07. The number of hydrogen-bond donors (Lipinski definition) is 0. The molecule has 0 spiro atoms. The van der Waals surface area contributed by atoms with Crippen LogP contribution in [0.4, 0.5) is 0 Å². The summed E-state index contributed by atoms with van der Waals surface area (Å²) in [4.78, 5) is 0.154. The Morgan fingerprint density at radius 3 is 2.48 bits per heavy atom. The average Bonchev–Trinajstić information content (AvgIpc) is 2.98. The Balaban J connectivity index is 2.41. The van der Waals surface area contributed by atoms with Crippen LogP contribution in [0.25, 0.3) is 0 Å². The maximum atomic E-state index is 12.8. The van der Waals surface area contributed by atoms with Crippen molar-refractivity contribution < 1.29 is 8.42 Å². The normalized spacial score (nSPS) is 15.8. The Hall–Kier alpha value is -1.89. The molecule has 1 aromatic rings. The molecule has 0 saturated heterocycles. The number of hydrogen-bond acceptors (Lipinski definition) is 4. The van der Waals surface area contributed by atoms with Gasteiger partial charge in [-0.05, 0) is 43.5 Å². The lowest BCUT2D eigenvalue weighted by atomic mass is 10.1. The molecule has 0 amide bonds. The summed E-state index contributed by atoms with van der Waals surface area (Å²) in [6.07, 6.45) is 3.59. The lowest BCUT2D eigenvalue weighted by Gasteiger charge is -2.25. The van der Waals surface area contributed by atoms with E-state index >= 15 is 0 Å². The molecule has 110 valence electrons. The first kappa shape index (κ1) is 15.5. The molecular formula is C15H17N3O2S. The van der Waals surface area contributed by atoms with E-state index in [0.29, 0.717) is 11.1 Å². The van der Waals surface area contributed by atoms with Crippen LogP contribution in [-0.2, 0) is 10.0 Å². The maximum absolute atomic E-state index is 12.8. The van der Waals surface area contributed by atoms with Gasteiger partial charge in [-0.1, -0.05) is 12.8 Å². The first-order valence-electron chi connectivity index (χ1n) is 6.90. The van der Waals surface area contributed by atoms with Crippen molar-refractivity contribution in [3.8, 4) is 12.1 Å². The largest absolute Gasteiger partial charge is 0.244 e. The van der Waals surface area contributed by atoms with Gasteiger partial charge in [0.1, 0.15) is 6.54 Å². The minimum atomic E-state index is -3.69. The summed E-state index contributed by atoms with van der Waals surface area (Å²) in [6, 6.07) is 8.35. The van der Waals surface area contributed by atoms with Crippen LogP contribution < -0.4 is 0 Å². The van der Waals surface area contributed by atoms with E-state index in [2.05, 4.69) is 0 Å². The fraction of sp³-hybridized carbons (Fsp3) is 0.467. The predicted molar refractivity (Wildman–Crippen MR) is 77.7 cm³/mol. The molecule has 0 N–H and O–H groups in total. The standard InChI is InChI=1S/C15H17N3O2S/c1-12-10-15(7-6-13(12)11-17)21(19,20)18(9-8-16)14-4-2-3-5-14/h6-7,10,14H,2-5,9H2,1H3. The van der Waals surface area contributed by atoms with Crippen LogP contribution in [0.3, 0.4) is 0 Å². The highest BCUT2D eigenvalue weighted by molar-refractivity contribution is 7.89. The van der Waals surface area contributed by atoms with Crippen molar-refractivity contribution in [2.75, 3.05) is 6.54 Å². The predicted octanol–water partition coefficient (Wildman–Crippen LogP) is 2.32. The second kappa shape index (κ2) is 6.26. The van der Waals surface area contributed by atoms with Crippen molar-refractivity contribution in [2.45, 2.75) is 43.5 Å². The Bertz CT molecular complexity index is 707. The molecule has 0 unspecified atom stereocenters. The van der Waals surface area contributed by atoms with Gasteiger partial charge in [0.25, 0.3) is 0 Å². The lowest BCUT2D eigenvalue weighted by molar-refractivity contribution is 0.350. The van der Waals surface area contributed by atoms with E-state index in [1.165, 1.54) is 22.5 Å². The number of rotatable bonds is 4. The van der Waals surface area contributed by atoms with Crippen LogP contribution in [0.5, 0.6) is 0 Å². The Labute approximate surface area is 125 Å². The van der Waals surface area contributed by atoms with Crippen LogP contribution in [0.2, 0.25) is 0 Å². The van der Waals surface area contributed by atoms with Crippen LogP contribution in [-0.4, -0.2) is 25.3 Å². The first-order valence-corrected chi connectivity index (χ1v) is 8.34.